The van der Waals surface area contributed by atoms with E-state index in [1.165, 1.54) is 12.1 Å². The van der Waals surface area contributed by atoms with E-state index in [9.17, 15) is 9.50 Å². The second kappa shape index (κ2) is 4.53. The van der Waals surface area contributed by atoms with Crippen molar-refractivity contribution >= 4 is 16.5 Å². The Kier molecular flexibility index (Phi) is 2.79. The number of nitrogens with zero attached hydrogens (tertiary/aromatic N) is 2. The molecule has 4 rings (SSSR count). The molecule has 1 saturated carbocycles. The highest BCUT2D eigenvalue weighted by Gasteiger charge is 2.46. The number of aromatic nitrogens is 1. The average molecular weight is 290 g/mol. The van der Waals surface area contributed by atoms with Crippen molar-refractivity contribution in [3.05, 3.63) is 35.5 Å². The summed E-state index contributed by atoms with van der Waals surface area (Å²) in [4.78, 5) is 6.92. The van der Waals surface area contributed by atoms with Crippen LogP contribution in [0.5, 0.6) is 0 Å². The normalized spacial score (nSPS) is 28.3. The third-order valence-electron chi connectivity index (χ3n) is 4.43. The highest BCUT2D eigenvalue weighted by molar-refractivity contribution is 7.14. The summed E-state index contributed by atoms with van der Waals surface area (Å²) in [5.74, 6) is 0.825. The first kappa shape index (κ1) is 12.3. The molecule has 3 nitrogen and oxygen atoms in total. The molecule has 1 aromatic carbocycles. The highest BCUT2D eigenvalue weighted by atomic mass is 32.1. The molecule has 1 aromatic heterocycles. The third kappa shape index (κ3) is 1.93. The summed E-state index contributed by atoms with van der Waals surface area (Å²) in [6, 6.07) is 6.43. The van der Waals surface area contributed by atoms with Crippen molar-refractivity contribution in [3.8, 4) is 11.3 Å². The first-order chi connectivity index (χ1) is 9.70. The van der Waals surface area contributed by atoms with E-state index in [0.29, 0.717) is 11.8 Å². The summed E-state index contributed by atoms with van der Waals surface area (Å²) >= 11 is 1.62. The van der Waals surface area contributed by atoms with E-state index in [4.69, 9.17) is 0 Å². The van der Waals surface area contributed by atoms with E-state index in [2.05, 4.69) is 9.88 Å². The van der Waals surface area contributed by atoms with Crippen molar-refractivity contribution in [1.82, 2.24) is 4.98 Å². The molecule has 0 bridgehead atoms. The fourth-order valence-corrected chi connectivity index (χ4v) is 4.04. The topological polar surface area (TPSA) is 36.4 Å². The molecule has 3 atom stereocenters. The molecule has 5 heteroatoms. The van der Waals surface area contributed by atoms with Gasteiger partial charge in [0.2, 0.25) is 0 Å². The van der Waals surface area contributed by atoms with Gasteiger partial charge in [-0.15, -0.1) is 11.3 Å². The Balaban J connectivity index is 1.55. The Bertz CT molecular complexity index is 627. The summed E-state index contributed by atoms with van der Waals surface area (Å²) in [6.07, 6.45) is 0.804. The Hall–Kier alpha value is -1.46. The molecule has 0 amide bonds. The third-order valence-corrected chi connectivity index (χ3v) is 5.33. The standard InChI is InChI=1S/C15H15FN2OS/c16-11-3-1-9(2-4-11)13-8-20-15(17-13)18-6-10-5-14(19)12(10)7-18/h1-4,8,10,12,14,19H,5-7H2/t10-,12+,14+/m1/s1. The molecular weight excluding hydrogens is 275 g/mol. The summed E-state index contributed by atoms with van der Waals surface area (Å²) in [5, 5.41) is 12.7. The Morgan fingerprint density at radius 3 is 2.75 bits per heavy atom. The van der Waals surface area contributed by atoms with E-state index in [1.807, 2.05) is 5.38 Å². The molecule has 1 saturated heterocycles. The molecular formula is C15H15FN2OS. The number of aliphatic hydroxyl groups is 1. The average Bonchev–Trinajstić information content (AvgIpc) is 3.03. The van der Waals surface area contributed by atoms with E-state index in [0.717, 1.165) is 35.9 Å². The van der Waals surface area contributed by atoms with E-state index < -0.39 is 0 Å². The highest BCUT2D eigenvalue weighted by Crippen LogP contribution is 2.43. The van der Waals surface area contributed by atoms with Crippen LogP contribution in [0, 0.1) is 17.7 Å². The number of fused-ring (bicyclic) bond motifs is 1. The minimum atomic E-state index is -0.227. The molecule has 0 radical (unpaired) electrons. The minimum Gasteiger partial charge on any atom is -0.393 e. The lowest BCUT2D eigenvalue weighted by atomic mass is 9.74. The van der Waals surface area contributed by atoms with E-state index in [1.54, 1.807) is 23.5 Å². The fourth-order valence-electron chi connectivity index (χ4n) is 3.19. The van der Waals surface area contributed by atoms with Gasteiger partial charge < -0.3 is 10.0 Å². The van der Waals surface area contributed by atoms with Gasteiger partial charge in [0.05, 0.1) is 11.8 Å². The Labute approximate surface area is 120 Å². The maximum absolute atomic E-state index is 12.9. The lowest BCUT2D eigenvalue weighted by Gasteiger charge is -2.34. The van der Waals surface area contributed by atoms with Crippen LogP contribution in [0.3, 0.4) is 0 Å². The van der Waals surface area contributed by atoms with Gasteiger partial charge in [-0.25, -0.2) is 9.37 Å². The molecule has 1 aliphatic carbocycles. The maximum Gasteiger partial charge on any atom is 0.185 e. The number of anilines is 1. The van der Waals surface area contributed by atoms with E-state index >= 15 is 0 Å². The summed E-state index contributed by atoms with van der Waals surface area (Å²) in [7, 11) is 0. The van der Waals surface area contributed by atoms with Gasteiger partial charge >= 0.3 is 0 Å². The first-order valence-corrected chi connectivity index (χ1v) is 7.73. The zero-order valence-corrected chi connectivity index (χ0v) is 11.7. The summed E-state index contributed by atoms with van der Waals surface area (Å²) in [5.41, 5.74) is 1.83. The number of hydrogen-bond acceptors (Lipinski definition) is 4. The summed E-state index contributed by atoms with van der Waals surface area (Å²) in [6.45, 7) is 1.90. The molecule has 104 valence electrons. The van der Waals surface area contributed by atoms with Gasteiger partial charge in [-0.05, 0) is 36.6 Å². The smallest absolute Gasteiger partial charge is 0.185 e. The molecule has 2 aliphatic rings. The fraction of sp³-hybridized carbons (Fsp3) is 0.400. The number of aliphatic hydroxyl groups excluding tert-OH is 1. The van der Waals surface area contributed by atoms with Gasteiger partial charge in [0.1, 0.15) is 5.82 Å². The van der Waals surface area contributed by atoms with Crippen molar-refractivity contribution in [2.24, 2.45) is 11.8 Å². The summed E-state index contributed by atoms with van der Waals surface area (Å²) < 4.78 is 12.9. The van der Waals surface area contributed by atoms with Crippen LogP contribution < -0.4 is 4.90 Å². The van der Waals surface area contributed by atoms with Crippen LogP contribution in [0.2, 0.25) is 0 Å². The molecule has 2 fully saturated rings. The number of benzene rings is 1. The number of halogens is 1. The van der Waals surface area contributed by atoms with E-state index in [-0.39, 0.29) is 11.9 Å². The van der Waals surface area contributed by atoms with Gasteiger partial charge in [0, 0.05) is 30.0 Å². The van der Waals surface area contributed by atoms with Crippen LogP contribution in [0.4, 0.5) is 9.52 Å². The number of rotatable bonds is 2. The predicted molar refractivity (Wildman–Crippen MR) is 77.3 cm³/mol. The van der Waals surface area contributed by atoms with Crippen LogP contribution >= 0.6 is 11.3 Å². The van der Waals surface area contributed by atoms with Gasteiger partial charge in [-0.2, -0.15) is 0 Å². The zero-order chi connectivity index (χ0) is 13.7. The van der Waals surface area contributed by atoms with Crippen LogP contribution in [-0.2, 0) is 0 Å². The van der Waals surface area contributed by atoms with Crippen molar-refractivity contribution in [2.45, 2.75) is 12.5 Å². The number of hydrogen-bond donors (Lipinski definition) is 1. The van der Waals surface area contributed by atoms with Gasteiger partial charge in [-0.3, -0.25) is 0 Å². The molecule has 2 aromatic rings. The quantitative estimate of drug-likeness (QED) is 0.924. The second-order valence-electron chi connectivity index (χ2n) is 5.65. The van der Waals surface area contributed by atoms with Gasteiger partial charge in [0.25, 0.3) is 0 Å². The zero-order valence-electron chi connectivity index (χ0n) is 10.9. The molecule has 2 heterocycles. The van der Waals surface area contributed by atoms with Crippen LogP contribution in [0.15, 0.2) is 29.6 Å². The first-order valence-electron chi connectivity index (χ1n) is 6.85. The Morgan fingerprint density at radius 1 is 1.25 bits per heavy atom. The molecule has 20 heavy (non-hydrogen) atoms. The lowest BCUT2D eigenvalue weighted by molar-refractivity contribution is -0.00398. The second-order valence-corrected chi connectivity index (χ2v) is 6.49. The van der Waals surface area contributed by atoms with Gasteiger partial charge in [0.15, 0.2) is 5.13 Å². The number of thiazole rings is 1. The van der Waals surface area contributed by atoms with Crippen LogP contribution in [-0.4, -0.2) is 29.3 Å². The SMILES string of the molecule is O[C@H]1C[C@@H]2CN(c3nc(-c4ccc(F)cc4)cs3)C[C@@H]21. The molecule has 1 aliphatic heterocycles. The predicted octanol–water partition coefficient (Wildman–Crippen LogP) is 2.77. The van der Waals surface area contributed by atoms with Crippen molar-refractivity contribution in [2.75, 3.05) is 18.0 Å². The maximum atomic E-state index is 12.9. The van der Waals surface area contributed by atoms with Gasteiger partial charge in [-0.1, -0.05) is 0 Å². The van der Waals surface area contributed by atoms with Crippen LogP contribution in [0.25, 0.3) is 11.3 Å². The molecule has 1 N–H and O–H groups in total. The molecule has 0 unspecified atom stereocenters. The van der Waals surface area contributed by atoms with Crippen LogP contribution in [0.1, 0.15) is 6.42 Å². The Morgan fingerprint density at radius 2 is 2.05 bits per heavy atom. The lowest BCUT2D eigenvalue weighted by Crippen LogP contribution is -2.39. The van der Waals surface area contributed by atoms with Crippen molar-refractivity contribution < 1.29 is 9.50 Å². The monoisotopic (exact) mass is 290 g/mol. The van der Waals surface area contributed by atoms with Crippen molar-refractivity contribution in [3.63, 3.8) is 0 Å². The largest absolute Gasteiger partial charge is 0.393 e. The molecule has 0 spiro atoms. The minimum absolute atomic E-state index is 0.124. The van der Waals surface area contributed by atoms with Crippen molar-refractivity contribution in [1.29, 1.82) is 0 Å².